The molecule has 0 radical (unpaired) electrons. The lowest BCUT2D eigenvalue weighted by Gasteiger charge is -2.08. The highest BCUT2D eigenvalue weighted by Gasteiger charge is 2.08. The highest BCUT2D eigenvalue weighted by atomic mass is 32.1. The van der Waals surface area contributed by atoms with Crippen molar-refractivity contribution in [3.8, 4) is 16.3 Å². The summed E-state index contributed by atoms with van der Waals surface area (Å²) in [6, 6.07) is 12.1. The zero-order valence-electron chi connectivity index (χ0n) is 11.8. The Kier molecular flexibility index (Phi) is 4.21. The van der Waals surface area contributed by atoms with E-state index in [0.717, 1.165) is 29.2 Å². The first-order chi connectivity index (χ1) is 10.4. The first-order valence-corrected chi connectivity index (χ1v) is 7.77. The maximum atomic E-state index is 5.44. The summed E-state index contributed by atoms with van der Waals surface area (Å²) in [6.45, 7) is 3.40. The topological polar surface area (TPSA) is 49.9 Å². The zero-order chi connectivity index (χ0) is 14.5. The molecule has 0 amide bonds. The van der Waals surface area contributed by atoms with E-state index in [1.165, 1.54) is 4.88 Å². The first-order valence-electron chi connectivity index (χ1n) is 6.89. The lowest BCUT2D eigenvalue weighted by atomic mass is 10.2. The van der Waals surface area contributed by atoms with Gasteiger partial charge in [0.2, 0.25) is 0 Å². The average molecular weight is 299 g/mol. The van der Waals surface area contributed by atoms with E-state index in [9.17, 15) is 0 Å². The third-order valence-corrected chi connectivity index (χ3v) is 4.02. The quantitative estimate of drug-likeness (QED) is 0.719. The van der Waals surface area contributed by atoms with E-state index in [-0.39, 0.29) is 0 Å². The predicted octanol–water partition coefficient (Wildman–Crippen LogP) is 4.15. The minimum atomic E-state index is 0.686. The Morgan fingerprint density at radius 1 is 1.24 bits per heavy atom. The van der Waals surface area contributed by atoms with Gasteiger partial charge in [-0.3, -0.25) is 5.10 Å². The molecule has 0 spiro atoms. The van der Waals surface area contributed by atoms with E-state index in [2.05, 4.69) is 27.0 Å². The van der Waals surface area contributed by atoms with Crippen LogP contribution in [0.1, 0.15) is 12.5 Å². The maximum Gasteiger partial charge on any atom is 0.119 e. The molecule has 0 aliphatic rings. The van der Waals surface area contributed by atoms with Crippen molar-refractivity contribution in [2.45, 2.75) is 13.5 Å². The number of nitrogens with one attached hydrogen (secondary N) is 2. The molecule has 0 fully saturated rings. The fraction of sp³-hybridized carbons (Fsp3) is 0.188. The van der Waals surface area contributed by atoms with Crippen molar-refractivity contribution in [3.63, 3.8) is 0 Å². The van der Waals surface area contributed by atoms with Crippen LogP contribution in [0, 0.1) is 0 Å². The zero-order valence-corrected chi connectivity index (χ0v) is 12.6. The van der Waals surface area contributed by atoms with Gasteiger partial charge < -0.3 is 10.1 Å². The Balaban J connectivity index is 1.67. The van der Waals surface area contributed by atoms with Crippen LogP contribution in [-0.4, -0.2) is 16.8 Å². The molecule has 5 heteroatoms. The van der Waals surface area contributed by atoms with Gasteiger partial charge in [0, 0.05) is 17.8 Å². The number of aromatic amines is 1. The van der Waals surface area contributed by atoms with Crippen molar-refractivity contribution in [2.75, 3.05) is 11.9 Å². The van der Waals surface area contributed by atoms with Gasteiger partial charge in [-0.15, -0.1) is 11.3 Å². The highest BCUT2D eigenvalue weighted by Crippen LogP contribution is 2.26. The van der Waals surface area contributed by atoms with Crippen LogP contribution in [0.3, 0.4) is 0 Å². The molecule has 1 aromatic carbocycles. The van der Waals surface area contributed by atoms with Crippen LogP contribution in [0.15, 0.2) is 48.0 Å². The van der Waals surface area contributed by atoms with Gasteiger partial charge in [-0.1, -0.05) is 6.07 Å². The molecule has 0 atom stereocenters. The van der Waals surface area contributed by atoms with Crippen molar-refractivity contribution < 1.29 is 4.74 Å². The molecule has 2 heterocycles. The molecule has 0 unspecified atom stereocenters. The van der Waals surface area contributed by atoms with Crippen LogP contribution in [0.2, 0.25) is 0 Å². The fourth-order valence-corrected chi connectivity index (χ4v) is 2.87. The number of hydrogen-bond acceptors (Lipinski definition) is 4. The smallest absolute Gasteiger partial charge is 0.119 e. The van der Waals surface area contributed by atoms with Crippen LogP contribution < -0.4 is 10.1 Å². The third-order valence-electron chi connectivity index (χ3n) is 3.13. The van der Waals surface area contributed by atoms with Crippen LogP contribution in [0.25, 0.3) is 10.6 Å². The number of benzene rings is 1. The largest absolute Gasteiger partial charge is 0.494 e. The molecule has 21 heavy (non-hydrogen) atoms. The van der Waals surface area contributed by atoms with Crippen LogP contribution in [-0.2, 0) is 6.54 Å². The molecular weight excluding hydrogens is 282 g/mol. The highest BCUT2D eigenvalue weighted by molar-refractivity contribution is 7.13. The Bertz CT molecular complexity index is 674. The number of rotatable bonds is 6. The van der Waals surface area contributed by atoms with E-state index < -0.39 is 0 Å². The standard InChI is InChI=1S/C16H17N3OS/c1-2-20-14-7-5-13(6-8-14)17-10-12-11-18-19-16(12)15-4-3-9-21-15/h3-9,11,17H,2,10H2,1H3,(H,18,19). The summed E-state index contributed by atoms with van der Waals surface area (Å²) in [6.07, 6.45) is 1.87. The minimum Gasteiger partial charge on any atom is -0.494 e. The lowest BCUT2D eigenvalue weighted by Crippen LogP contribution is -1.99. The Morgan fingerprint density at radius 2 is 2.10 bits per heavy atom. The number of anilines is 1. The SMILES string of the molecule is CCOc1ccc(NCc2cn[nH]c2-c2cccs2)cc1. The Labute approximate surface area is 127 Å². The summed E-state index contributed by atoms with van der Waals surface area (Å²) < 4.78 is 5.44. The second-order valence-electron chi connectivity index (χ2n) is 4.56. The number of thiophene rings is 1. The molecule has 3 rings (SSSR count). The first kappa shape index (κ1) is 13.7. The molecule has 0 saturated heterocycles. The van der Waals surface area contributed by atoms with Crippen molar-refractivity contribution in [1.29, 1.82) is 0 Å². The van der Waals surface area contributed by atoms with Gasteiger partial charge in [-0.25, -0.2) is 0 Å². The number of H-pyrrole nitrogens is 1. The third kappa shape index (κ3) is 3.25. The van der Waals surface area contributed by atoms with Crippen LogP contribution in [0.4, 0.5) is 5.69 Å². The molecule has 2 aromatic heterocycles. The van der Waals surface area contributed by atoms with E-state index in [0.29, 0.717) is 6.61 Å². The van der Waals surface area contributed by atoms with E-state index in [1.54, 1.807) is 11.3 Å². The second-order valence-corrected chi connectivity index (χ2v) is 5.51. The van der Waals surface area contributed by atoms with Crippen LogP contribution >= 0.6 is 11.3 Å². The van der Waals surface area contributed by atoms with Crippen LogP contribution in [0.5, 0.6) is 5.75 Å². The van der Waals surface area contributed by atoms with Crippen molar-refractivity contribution in [3.05, 3.63) is 53.5 Å². The molecule has 0 saturated carbocycles. The van der Waals surface area contributed by atoms with E-state index in [1.807, 2.05) is 43.5 Å². The van der Waals surface area contributed by atoms with Gasteiger partial charge in [0.05, 0.1) is 23.4 Å². The van der Waals surface area contributed by atoms with Gasteiger partial charge in [0.25, 0.3) is 0 Å². The van der Waals surface area contributed by atoms with Crippen molar-refractivity contribution >= 4 is 17.0 Å². The van der Waals surface area contributed by atoms with Gasteiger partial charge in [0.15, 0.2) is 0 Å². The number of nitrogens with zero attached hydrogens (tertiary/aromatic N) is 1. The molecule has 108 valence electrons. The van der Waals surface area contributed by atoms with Gasteiger partial charge >= 0.3 is 0 Å². The molecule has 0 aliphatic carbocycles. The number of aromatic nitrogens is 2. The molecule has 0 aliphatic heterocycles. The fourth-order valence-electron chi connectivity index (χ4n) is 2.11. The monoisotopic (exact) mass is 299 g/mol. The van der Waals surface area contributed by atoms with Gasteiger partial charge in [-0.2, -0.15) is 5.10 Å². The second kappa shape index (κ2) is 6.45. The number of ether oxygens (including phenoxy) is 1. The summed E-state index contributed by atoms with van der Waals surface area (Å²) in [5.74, 6) is 0.894. The minimum absolute atomic E-state index is 0.686. The summed E-state index contributed by atoms with van der Waals surface area (Å²) >= 11 is 1.71. The van der Waals surface area contributed by atoms with Crippen molar-refractivity contribution in [2.24, 2.45) is 0 Å². The molecule has 0 bridgehead atoms. The summed E-state index contributed by atoms with van der Waals surface area (Å²) in [5.41, 5.74) is 3.31. The summed E-state index contributed by atoms with van der Waals surface area (Å²) in [5, 5.41) is 12.7. The van der Waals surface area contributed by atoms with E-state index >= 15 is 0 Å². The molecule has 2 N–H and O–H groups in total. The average Bonchev–Trinajstić information content (AvgIpc) is 3.18. The predicted molar refractivity (Wildman–Crippen MR) is 86.8 cm³/mol. The van der Waals surface area contributed by atoms with Gasteiger partial charge in [-0.05, 0) is 42.6 Å². The Hall–Kier alpha value is -2.27. The summed E-state index contributed by atoms with van der Waals surface area (Å²) in [7, 11) is 0. The number of hydrogen-bond donors (Lipinski definition) is 2. The van der Waals surface area contributed by atoms with E-state index in [4.69, 9.17) is 4.74 Å². The molecule has 3 aromatic rings. The normalized spacial score (nSPS) is 10.5. The van der Waals surface area contributed by atoms with Gasteiger partial charge in [0.1, 0.15) is 5.75 Å². The molecular formula is C16H17N3OS. The lowest BCUT2D eigenvalue weighted by molar-refractivity contribution is 0.340. The molecule has 4 nitrogen and oxygen atoms in total. The maximum absolute atomic E-state index is 5.44. The summed E-state index contributed by atoms with van der Waals surface area (Å²) in [4.78, 5) is 1.20. The van der Waals surface area contributed by atoms with Crippen molar-refractivity contribution in [1.82, 2.24) is 10.2 Å². The Morgan fingerprint density at radius 3 is 2.81 bits per heavy atom.